The maximum absolute atomic E-state index is 9.26. The summed E-state index contributed by atoms with van der Waals surface area (Å²) in [5.74, 6) is 0. The molecule has 0 fully saturated rings. The second kappa shape index (κ2) is 4.67. The van der Waals surface area contributed by atoms with Crippen molar-refractivity contribution < 1.29 is 5.11 Å². The first kappa shape index (κ1) is 11.2. The van der Waals surface area contributed by atoms with Crippen LogP contribution in [0.1, 0.15) is 24.5 Å². The Labute approximate surface area is 96.7 Å². The van der Waals surface area contributed by atoms with Crippen LogP contribution >= 0.6 is 0 Å². The Morgan fingerprint density at radius 2 is 1.75 bits per heavy atom. The molecule has 0 bridgehead atoms. The molecule has 0 heterocycles. The van der Waals surface area contributed by atoms with Crippen molar-refractivity contribution in [3.05, 3.63) is 47.5 Å². The Morgan fingerprint density at radius 1 is 1.06 bits per heavy atom. The topological polar surface area (TPSA) is 20.2 Å². The Kier molecular flexibility index (Phi) is 3.25. The first-order chi connectivity index (χ1) is 7.65. The lowest BCUT2D eigenvalue weighted by Crippen LogP contribution is -2.01. The molecule has 0 amide bonds. The van der Waals surface area contributed by atoms with Gasteiger partial charge in [-0.3, -0.25) is 0 Å². The molecule has 1 atom stereocenters. The lowest BCUT2D eigenvalue weighted by Gasteiger charge is -2.06. The van der Waals surface area contributed by atoms with Gasteiger partial charge in [0.15, 0.2) is 0 Å². The van der Waals surface area contributed by atoms with E-state index in [1.807, 2.05) is 6.92 Å². The number of hydrogen-bond acceptors (Lipinski definition) is 1. The molecule has 2 aromatic rings. The highest BCUT2D eigenvalue weighted by Gasteiger charge is 2.00. The Hall–Kier alpha value is -1.34. The number of aryl methyl sites for hydroxylation is 2. The maximum atomic E-state index is 9.26. The predicted octanol–water partition coefficient (Wildman–Crippen LogP) is 3.46. The number of hydrogen-bond donors (Lipinski definition) is 1. The van der Waals surface area contributed by atoms with Gasteiger partial charge < -0.3 is 5.11 Å². The van der Waals surface area contributed by atoms with Gasteiger partial charge >= 0.3 is 0 Å². The van der Waals surface area contributed by atoms with Gasteiger partial charge in [-0.2, -0.15) is 0 Å². The summed E-state index contributed by atoms with van der Waals surface area (Å²) < 4.78 is 0. The summed E-state index contributed by atoms with van der Waals surface area (Å²) in [6.45, 7) is 3.95. The van der Waals surface area contributed by atoms with Crippen LogP contribution in [-0.2, 0) is 6.42 Å². The molecule has 0 saturated carbocycles. The summed E-state index contributed by atoms with van der Waals surface area (Å²) in [5.41, 5.74) is 2.60. The predicted molar refractivity (Wildman–Crippen MR) is 68.7 cm³/mol. The normalized spacial score (nSPS) is 12.9. The number of aliphatic hydroxyl groups excluding tert-OH is 1. The van der Waals surface area contributed by atoms with Crippen LogP contribution in [0.25, 0.3) is 10.8 Å². The van der Waals surface area contributed by atoms with Crippen molar-refractivity contribution in [3.8, 4) is 0 Å². The molecule has 0 saturated heterocycles. The van der Waals surface area contributed by atoms with E-state index in [-0.39, 0.29) is 6.10 Å². The Morgan fingerprint density at radius 3 is 2.50 bits per heavy atom. The van der Waals surface area contributed by atoms with Crippen molar-refractivity contribution in [2.45, 2.75) is 32.8 Å². The molecule has 1 nitrogen and oxygen atoms in total. The maximum Gasteiger partial charge on any atom is 0.0515 e. The monoisotopic (exact) mass is 214 g/mol. The summed E-state index contributed by atoms with van der Waals surface area (Å²) in [4.78, 5) is 0. The molecule has 2 rings (SSSR count). The first-order valence-corrected chi connectivity index (χ1v) is 5.82. The molecule has 0 aliphatic heterocycles. The molecule has 16 heavy (non-hydrogen) atoms. The van der Waals surface area contributed by atoms with Crippen molar-refractivity contribution in [3.63, 3.8) is 0 Å². The summed E-state index contributed by atoms with van der Waals surface area (Å²) >= 11 is 0. The molecule has 0 spiro atoms. The minimum absolute atomic E-state index is 0.214. The van der Waals surface area contributed by atoms with E-state index in [1.165, 1.54) is 21.9 Å². The lowest BCUT2D eigenvalue weighted by molar-refractivity contribution is 0.185. The third-order valence-electron chi connectivity index (χ3n) is 2.91. The highest BCUT2D eigenvalue weighted by Crippen LogP contribution is 2.18. The molecule has 0 aliphatic carbocycles. The van der Waals surface area contributed by atoms with E-state index in [2.05, 4.69) is 43.3 Å². The van der Waals surface area contributed by atoms with Gasteiger partial charge in [-0.1, -0.05) is 42.0 Å². The third kappa shape index (κ3) is 2.61. The van der Waals surface area contributed by atoms with Crippen molar-refractivity contribution in [1.82, 2.24) is 0 Å². The number of aliphatic hydroxyl groups is 1. The van der Waals surface area contributed by atoms with Crippen LogP contribution in [0.2, 0.25) is 0 Å². The van der Waals surface area contributed by atoms with Crippen LogP contribution in [0.4, 0.5) is 0 Å². The summed E-state index contributed by atoms with van der Waals surface area (Å²) in [7, 11) is 0. The van der Waals surface area contributed by atoms with Crippen molar-refractivity contribution in [2.24, 2.45) is 0 Å². The van der Waals surface area contributed by atoms with Crippen LogP contribution in [0.3, 0.4) is 0 Å². The number of rotatable bonds is 3. The summed E-state index contributed by atoms with van der Waals surface area (Å²) in [5, 5.41) is 11.8. The lowest BCUT2D eigenvalue weighted by atomic mass is 10.0. The fourth-order valence-corrected chi connectivity index (χ4v) is 1.95. The van der Waals surface area contributed by atoms with Crippen LogP contribution in [-0.4, -0.2) is 11.2 Å². The Balaban J connectivity index is 2.26. The van der Waals surface area contributed by atoms with E-state index in [9.17, 15) is 5.11 Å². The SMILES string of the molecule is Cc1ccc2cc(CC[C@@H](C)O)ccc2c1. The van der Waals surface area contributed by atoms with Gasteiger partial charge in [0.1, 0.15) is 0 Å². The van der Waals surface area contributed by atoms with E-state index in [0.717, 1.165) is 12.8 Å². The summed E-state index contributed by atoms with van der Waals surface area (Å²) in [6, 6.07) is 13.0. The fourth-order valence-electron chi connectivity index (χ4n) is 1.95. The van der Waals surface area contributed by atoms with Gasteiger partial charge in [0, 0.05) is 0 Å². The average molecular weight is 214 g/mol. The van der Waals surface area contributed by atoms with Gasteiger partial charge in [-0.05, 0) is 43.0 Å². The van der Waals surface area contributed by atoms with Crippen LogP contribution in [0.15, 0.2) is 36.4 Å². The zero-order valence-corrected chi connectivity index (χ0v) is 9.90. The fraction of sp³-hybridized carbons (Fsp3) is 0.333. The van der Waals surface area contributed by atoms with Gasteiger partial charge in [0.25, 0.3) is 0 Å². The van der Waals surface area contributed by atoms with Gasteiger partial charge in [0.2, 0.25) is 0 Å². The molecule has 0 aliphatic rings. The zero-order valence-electron chi connectivity index (χ0n) is 9.90. The number of fused-ring (bicyclic) bond motifs is 1. The molecular weight excluding hydrogens is 196 g/mol. The van der Waals surface area contributed by atoms with Gasteiger partial charge in [0.05, 0.1) is 6.10 Å². The smallest absolute Gasteiger partial charge is 0.0515 e. The minimum Gasteiger partial charge on any atom is -0.393 e. The van der Waals surface area contributed by atoms with E-state index in [0.29, 0.717) is 0 Å². The first-order valence-electron chi connectivity index (χ1n) is 5.82. The van der Waals surface area contributed by atoms with Gasteiger partial charge in [-0.15, -0.1) is 0 Å². The van der Waals surface area contributed by atoms with Crippen molar-refractivity contribution >= 4 is 10.8 Å². The Bertz CT molecular complexity index is 486. The zero-order chi connectivity index (χ0) is 11.5. The van der Waals surface area contributed by atoms with Crippen LogP contribution in [0, 0.1) is 6.92 Å². The highest BCUT2D eigenvalue weighted by atomic mass is 16.3. The molecule has 0 aromatic heterocycles. The quantitative estimate of drug-likeness (QED) is 0.829. The van der Waals surface area contributed by atoms with Crippen molar-refractivity contribution in [1.29, 1.82) is 0 Å². The second-order valence-corrected chi connectivity index (χ2v) is 4.57. The largest absolute Gasteiger partial charge is 0.393 e. The van der Waals surface area contributed by atoms with Crippen molar-refractivity contribution in [2.75, 3.05) is 0 Å². The molecule has 0 unspecified atom stereocenters. The molecule has 1 heteroatoms. The van der Waals surface area contributed by atoms with Crippen LogP contribution in [0.5, 0.6) is 0 Å². The molecule has 0 radical (unpaired) electrons. The van der Waals surface area contributed by atoms with E-state index < -0.39 is 0 Å². The van der Waals surface area contributed by atoms with Gasteiger partial charge in [-0.25, -0.2) is 0 Å². The molecule has 2 aromatic carbocycles. The van der Waals surface area contributed by atoms with E-state index >= 15 is 0 Å². The highest BCUT2D eigenvalue weighted by molar-refractivity contribution is 5.83. The molecule has 1 N–H and O–H groups in total. The number of benzene rings is 2. The standard InChI is InChI=1S/C15H18O/c1-11-3-7-15-10-13(5-4-12(2)16)6-8-14(15)9-11/h3,6-10,12,16H,4-5H2,1-2H3/t12-/m1/s1. The summed E-state index contributed by atoms with van der Waals surface area (Å²) in [6.07, 6.45) is 1.56. The van der Waals surface area contributed by atoms with Crippen LogP contribution < -0.4 is 0 Å². The van der Waals surface area contributed by atoms with E-state index in [4.69, 9.17) is 0 Å². The van der Waals surface area contributed by atoms with E-state index in [1.54, 1.807) is 0 Å². The second-order valence-electron chi connectivity index (χ2n) is 4.57. The average Bonchev–Trinajstić information content (AvgIpc) is 2.26. The molecular formula is C15H18O. The minimum atomic E-state index is -0.214. The third-order valence-corrected chi connectivity index (χ3v) is 2.91. The molecule has 84 valence electrons.